The molecule has 1 aromatic carbocycles. The average molecular weight is 351 g/mol. The van der Waals surface area contributed by atoms with Crippen molar-refractivity contribution in [2.24, 2.45) is 0 Å². The van der Waals surface area contributed by atoms with Crippen LogP contribution in [0.15, 0.2) is 36.4 Å². The van der Waals surface area contributed by atoms with Crippen LogP contribution in [-0.2, 0) is 4.79 Å². The Morgan fingerprint density at radius 1 is 1.04 bits per heavy atom. The highest BCUT2D eigenvalue weighted by atomic mass is 16.2. The van der Waals surface area contributed by atoms with Crippen molar-refractivity contribution in [2.45, 2.75) is 52.0 Å². The average Bonchev–Trinajstić information content (AvgIpc) is 2.62. The van der Waals surface area contributed by atoms with Gasteiger partial charge in [-0.15, -0.1) is 0 Å². The van der Waals surface area contributed by atoms with Gasteiger partial charge in [-0.3, -0.25) is 9.59 Å². The molecule has 3 rings (SSSR count). The van der Waals surface area contributed by atoms with Crippen molar-refractivity contribution in [3.8, 4) is 11.3 Å². The molecule has 1 saturated carbocycles. The van der Waals surface area contributed by atoms with E-state index in [0.717, 1.165) is 42.5 Å². The first-order valence-electron chi connectivity index (χ1n) is 9.20. The second kappa shape index (κ2) is 8.13. The molecule has 0 spiro atoms. The van der Waals surface area contributed by atoms with E-state index in [0.29, 0.717) is 11.4 Å². The summed E-state index contributed by atoms with van der Waals surface area (Å²) in [5.41, 5.74) is 3.22. The lowest BCUT2D eigenvalue weighted by atomic mass is 9.95. The number of aromatic nitrogens is 1. The third-order valence-corrected chi connectivity index (χ3v) is 4.80. The fraction of sp³-hybridized carbons (Fsp3) is 0.381. The van der Waals surface area contributed by atoms with Gasteiger partial charge < -0.3 is 10.6 Å². The van der Waals surface area contributed by atoms with E-state index < -0.39 is 0 Å². The Kier molecular flexibility index (Phi) is 5.66. The highest BCUT2D eigenvalue weighted by Gasteiger charge is 2.20. The number of carbonyl (C=O) groups is 2. The lowest BCUT2D eigenvalue weighted by Crippen LogP contribution is -2.36. The minimum atomic E-state index is -0.244. The Labute approximate surface area is 154 Å². The topological polar surface area (TPSA) is 71.1 Å². The van der Waals surface area contributed by atoms with Gasteiger partial charge in [0.25, 0.3) is 5.91 Å². The smallest absolute Gasteiger partial charge is 0.255 e. The van der Waals surface area contributed by atoms with Gasteiger partial charge >= 0.3 is 0 Å². The predicted octanol–water partition coefficient (Wildman–Crippen LogP) is 4.08. The molecule has 136 valence electrons. The number of anilines is 1. The molecular weight excluding hydrogens is 326 g/mol. The Bertz CT molecular complexity index is 811. The van der Waals surface area contributed by atoms with E-state index in [1.165, 1.54) is 13.3 Å². The zero-order valence-electron chi connectivity index (χ0n) is 15.3. The zero-order valence-corrected chi connectivity index (χ0v) is 15.3. The molecule has 5 nitrogen and oxygen atoms in total. The Morgan fingerprint density at radius 3 is 2.46 bits per heavy atom. The molecule has 0 unspecified atom stereocenters. The molecule has 1 fully saturated rings. The molecule has 0 saturated heterocycles. The number of benzene rings is 1. The summed E-state index contributed by atoms with van der Waals surface area (Å²) in [7, 11) is 0. The fourth-order valence-corrected chi connectivity index (χ4v) is 3.42. The minimum Gasteiger partial charge on any atom is -0.349 e. The summed E-state index contributed by atoms with van der Waals surface area (Å²) < 4.78 is 0. The van der Waals surface area contributed by atoms with Gasteiger partial charge in [-0.05, 0) is 37.5 Å². The quantitative estimate of drug-likeness (QED) is 0.872. The summed E-state index contributed by atoms with van der Waals surface area (Å²) >= 11 is 0. The van der Waals surface area contributed by atoms with E-state index in [-0.39, 0.29) is 17.9 Å². The van der Waals surface area contributed by atoms with E-state index >= 15 is 0 Å². The van der Waals surface area contributed by atoms with Crippen LogP contribution in [0.3, 0.4) is 0 Å². The normalized spacial score (nSPS) is 14.7. The monoisotopic (exact) mass is 351 g/mol. The van der Waals surface area contributed by atoms with Crippen LogP contribution in [0.5, 0.6) is 0 Å². The second-order valence-corrected chi connectivity index (χ2v) is 6.90. The van der Waals surface area contributed by atoms with Crippen LogP contribution in [0.1, 0.15) is 54.9 Å². The number of aryl methyl sites for hydroxylation is 1. The molecule has 5 heteroatoms. The van der Waals surface area contributed by atoms with E-state index in [9.17, 15) is 9.59 Å². The van der Waals surface area contributed by atoms with Crippen molar-refractivity contribution in [1.29, 1.82) is 0 Å². The maximum atomic E-state index is 12.7. The highest BCUT2D eigenvalue weighted by Crippen LogP contribution is 2.25. The van der Waals surface area contributed by atoms with Crippen LogP contribution >= 0.6 is 0 Å². The van der Waals surface area contributed by atoms with Crippen LogP contribution in [0, 0.1) is 6.92 Å². The molecule has 1 heterocycles. The molecule has 2 N–H and O–H groups in total. The summed E-state index contributed by atoms with van der Waals surface area (Å²) in [6.07, 6.45) is 5.55. The molecule has 2 aromatic rings. The first-order chi connectivity index (χ1) is 12.5. The number of nitrogens with one attached hydrogen (secondary N) is 2. The largest absolute Gasteiger partial charge is 0.349 e. The number of hydrogen-bond donors (Lipinski definition) is 2. The van der Waals surface area contributed by atoms with Gasteiger partial charge in [-0.25, -0.2) is 4.98 Å². The Morgan fingerprint density at radius 2 is 1.77 bits per heavy atom. The number of amides is 2. The standard InChI is InChI=1S/C21H25N3O2/c1-14-8-6-7-11-17(14)19-13-12-18(20(24-19)22-15(2)25)21(26)23-16-9-4-3-5-10-16/h6-8,11-13,16H,3-5,9-10H2,1-2H3,(H,23,26)(H,22,24,25). The maximum Gasteiger partial charge on any atom is 0.255 e. The van der Waals surface area contributed by atoms with Gasteiger partial charge in [0.2, 0.25) is 5.91 Å². The molecular formula is C21H25N3O2. The second-order valence-electron chi connectivity index (χ2n) is 6.90. The molecule has 0 atom stereocenters. The molecule has 1 aliphatic carbocycles. The van der Waals surface area contributed by atoms with Crippen molar-refractivity contribution in [3.63, 3.8) is 0 Å². The molecule has 1 aromatic heterocycles. The van der Waals surface area contributed by atoms with Crippen LogP contribution in [0.25, 0.3) is 11.3 Å². The number of pyridine rings is 1. The Hall–Kier alpha value is -2.69. The van der Waals surface area contributed by atoms with Crippen molar-refractivity contribution in [1.82, 2.24) is 10.3 Å². The summed E-state index contributed by atoms with van der Waals surface area (Å²) in [6, 6.07) is 11.7. The molecule has 0 bridgehead atoms. The first kappa shape index (κ1) is 18.1. The SMILES string of the molecule is CC(=O)Nc1nc(-c2ccccc2C)ccc1C(=O)NC1CCCCC1. The van der Waals surface area contributed by atoms with Crippen molar-refractivity contribution >= 4 is 17.6 Å². The van der Waals surface area contributed by atoms with Crippen LogP contribution < -0.4 is 10.6 Å². The fourth-order valence-electron chi connectivity index (χ4n) is 3.42. The Balaban J connectivity index is 1.90. The van der Waals surface area contributed by atoms with E-state index in [1.807, 2.05) is 37.3 Å². The van der Waals surface area contributed by atoms with Gasteiger partial charge in [-0.2, -0.15) is 0 Å². The maximum absolute atomic E-state index is 12.7. The number of nitrogens with zero attached hydrogens (tertiary/aromatic N) is 1. The van der Waals surface area contributed by atoms with Crippen molar-refractivity contribution in [3.05, 3.63) is 47.5 Å². The lowest BCUT2D eigenvalue weighted by molar-refractivity contribution is -0.114. The number of hydrogen-bond acceptors (Lipinski definition) is 3. The third-order valence-electron chi connectivity index (χ3n) is 4.80. The van der Waals surface area contributed by atoms with Gasteiger partial charge in [0.05, 0.1) is 11.3 Å². The van der Waals surface area contributed by atoms with E-state index in [2.05, 4.69) is 15.6 Å². The minimum absolute atomic E-state index is 0.176. The van der Waals surface area contributed by atoms with E-state index in [1.54, 1.807) is 6.07 Å². The predicted molar refractivity (Wildman–Crippen MR) is 103 cm³/mol. The van der Waals surface area contributed by atoms with Crippen LogP contribution in [-0.4, -0.2) is 22.8 Å². The first-order valence-corrected chi connectivity index (χ1v) is 9.20. The summed E-state index contributed by atoms with van der Waals surface area (Å²) in [6.45, 7) is 3.43. The summed E-state index contributed by atoms with van der Waals surface area (Å²) in [5.74, 6) is -0.109. The molecule has 2 amide bonds. The number of carbonyl (C=O) groups excluding carboxylic acids is 2. The van der Waals surface area contributed by atoms with E-state index in [4.69, 9.17) is 0 Å². The van der Waals surface area contributed by atoms with Crippen LogP contribution in [0.2, 0.25) is 0 Å². The van der Waals surface area contributed by atoms with Crippen molar-refractivity contribution < 1.29 is 9.59 Å². The number of rotatable bonds is 4. The molecule has 0 radical (unpaired) electrons. The molecule has 0 aliphatic heterocycles. The zero-order chi connectivity index (χ0) is 18.5. The summed E-state index contributed by atoms with van der Waals surface area (Å²) in [4.78, 5) is 28.9. The molecule has 1 aliphatic rings. The van der Waals surface area contributed by atoms with Crippen LogP contribution in [0.4, 0.5) is 5.82 Å². The summed E-state index contributed by atoms with van der Waals surface area (Å²) in [5, 5.41) is 5.80. The van der Waals surface area contributed by atoms with Gasteiger partial charge in [-0.1, -0.05) is 43.5 Å². The molecule has 26 heavy (non-hydrogen) atoms. The van der Waals surface area contributed by atoms with Crippen molar-refractivity contribution in [2.75, 3.05) is 5.32 Å². The third kappa shape index (κ3) is 4.28. The highest BCUT2D eigenvalue weighted by molar-refractivity contribution is 6.02. The lowest BCUT2D eigenvalue weighted by Gasteiger charge is -2.23. The van der Waals surface area contributed by atoms with Gasteiger partial charge in [0.15, 0.2) is 0 Å². The van der Waals surface area contributed by atoms with Gasteiger partial charge in [0, 0.05) is 18.5 Å². The van der Waals surface area contributed by atoms with Gasteiger partial charge in [0.1, 0.15) is 5.82 Å².